The number of aromatic nitrogens is 1. The highest BCUT2D eigenvalue weighted by molar-refractivity contribution is 5.93. The predicted octanol–water partition coefficient (Wildman–Crippen LogP) is 10.6. The van der Waals surface area contributed by atoms with Gasteiger partial charge in [-0.3, -0.25) is 0 Å². The number of pyridine rings is 1. The van der Waals surface area contributed by atoms with Crippen LogP contribution in [0.5, 0.6) is 11.5 Å². The molecular weight excluding hydrogens is 498 g/mol. The largest absolute Gasteiger partial charge is 0.456 e. The van der Waals surface area contributed by atoms with Crippen molar-refractivity contribution < 1.29 is 4.74 Å². The van der Waals surface area contributed by atoms with Crippen LogP contribution in [0.1, 0.15) is 65.6 Å². The van der Waals surface area contributed by atoms with Crippen LogP contribution in [-0.4, -0.2) is 4.98 Å². The first-order chi connectivity index (χ1) is 19.7. The van der Waals surface area contributed by atoms with E-state index in [-0.39, 0.29) is 11.3 Å². The zero-order chi connectivity index (χ0) is 28.5. The molecule has 0 bridgehead atoms. The lowest BCUT2D eigenvalue weighted by molar-refractivity contribution is 0.458. The second-order valence-electron chi connectivity index (χ2n) is 12.6. The molecule has 1 aliphatic rings. The maximum atomic E-state index is 6.67. The van der Waals surface area contributed by atoms with E-state index in [0.717, 1.165) is 33.7 Å². The third kappa shape index (κ3) is 4.21. The average molecular weight is 534 g/mol. The van der Waals surface area contributed by atoms with Crippen LogP contribution in [-0.2, 0) is 5.41 Å². The molecule has 2 nitrogen and oxygen atoms in total. The van der Waals surface area contributed by atoms with Gasteiger partial charge < -0.3 is 4.74 Å². The Labute approximate surface area is 242 Å². The summed E-state index contributed by atoms with van der Waals surface area (Å²) >= 11 is 0. The summed E-state index contributed by atoms with van der Waals surface area (Å²) in [7, 11) is 0. The van der Waals surface area contributed by atoms with E-state index in [9.17, 15) is 0 Å². The number of fused-ring (bicyclic) bond motifs is 5. The number of rotatable bonds is 2. The number of para-hydroxylation sites is 1. The predicted molar refractivity (Wildman–Crippen MR) is 171 cm³/mol. The minimum Gasteiger partial charge on any atom is -0.456 e. The van der Waals surface area contributed by atoms with Crippen molar-refractivity contribution in [3.05, 3.63) is 136 Å². The van der Waals surface area contributed by atoms with Gasteiger partial charge in [0.25, 0.3) is 0 Å². The van der Waals surface area contributed by atoms with E-state index in [2.05, 4.69) is 139 Å². The Morgan fingerprint density at radius 1 is 0.683 bits per heavy atom. The van der Waals surface area contributed by atoms with Crippen LogP contribution in [0.2, 0.25) is 0 Å². The Hall–Kier alpha value is -4.43. The molecule has 0 N–H and O–H groups in total. The fourth-order valence-electron chi connectivity index (χ4n) is 6.82. The van der Waals surface area contributed by atoms with Crippen LogP contribution in [0.3, 0.4) is 0 Å². The van der Waals surface area contributed by atoms with E-state index in [1.54, 1.807) is 0 Å². The zero-order valence-electron chi connectivity index (χ0n) is 24.7. The molecule has 0 spiro atoms. The number of hydrogen-bond acceptors (Lipinski definition) is 2. The molecule has 0 radical (unpaired) electrons. The third-order valence-corrected chi connectivity index (χ3v) is 8.60. The lowest BCUT2D eigenvalue weighted by Crippen LogP contribution is -2.14. The van der Waals surface area contributed by atoms with Gasteiger partial charge in [0, 0.05) is 28.0 Å². The number of nitrogens with zero attached hydrogens (tertiary/aromatic N) is 1. The van der Waals surface area contributed by atoms with Crippen molar-refractivity contribution in [3.63, 3.8) is 0 Å². The first-order valence-electron chi connectivity index (χ1n) is 14.5. The molecule has 0 aliphatic carbocycles. The summed E-state index contributed by atoms with van der Waals surface area (Å²) in [5, 5.41) is 3.59. The van der Waals surface area contributed by atoms with E-state index in [1.807, 2.05) is 0 Å². The molecule has 202 valence electrons. The van der Waals surface area contributed by atoms with Gasteiger partial charge in [0.05, 0.1) is 11.2 Å². The van der Waals surface area contributed by atoms with E-state index in [4.69, 9.17) is 9.72 Å². The number of ether oxygens (including phenoxy) is 1. The van der Waals surface area contributed by atoms with Gasteiger partial charge in [0.15, 0.2) is 0 Å². The van der Waals surface area contributed by atoms with Crippen molar-refractivity contribution in [2.45, 2.75) is 52.9 Å². The van der Waals surface area contributed by atoms with E-state index >= 15 is 0 Å². The molecular formula is C39H35NO. The summed E-state index contributed by atoms with van der Waals surface area (Å²) in [5.74, 6) is 1.94. The van der Waals surface area contributed by atoms with Gasteiger partial charge in [0.2, 0.25) is 0 Å². The molecule has 41 heavy (non-hydrogen) atoms. The van der Waals surface area contributed by atoms with Gasteiger partial charge in [-0.25, -0.2) is 4.98 Å². The van der Waals surface area contributed by atoms with Crippen molar-refractivity contribution in [2.24, 2.45) is 0 Å². The van der Waals surface area contributed by atoms with Crippen molar-refractivity contribution in [1.29, 1.82) is 0 Å². The summed E-state index contributed by atoms with van der Waals surface area (Å²) < 4.78 is 6.67. The molecule has 1 aromatic heterocycles. The van der Waals surface area contributed by atoms with E-state index in [1.165, 1.54) is 49.7 Å². The molecule has 0 amide bonds. The fourth-order valence-corrected chi connectivity index (χ4v) is 6.82. The first kappa shape index (κ1) is 25.5. The minimum atomic E-state index is 0.0218. The van der Waals surface area contributed by atoms with Crippen molar-refractivity contribution in [1.82, 2.24) is 4.98 Å². The number of benzene rings is 5. The number of hydrogen-bond donors (Lipinski definition) is 0. The zero-order valence-corrected chi connectivity index (χ0v) is 24.7. The highest BCUT2D eigenvalue weighted by Gasteiger charge is 2.32. The number of aryl methyl sites for hydroxylation is 3. The molecule has 2 heteroatoms. The van der Waals surface area contributed by atoms with Gasteiger partial charge >= 0.3 is 0 Å². The summed E-state index contributed by atoms with van der Waals surface area (Å²) in [6.45, 7) is 13.5. The quantitative estimate of drug-likeness (QED) is 0.220. The Kier molecular flexibility index (Phi) is 5.80. The minimum absolute atomic E-state index is 0.0218. The summed E-state index contributed by atoms with van der Waals surface area (Å²) in [6, 6.07) is 35.1. The lowest BCUT2D eigenvalue weighted by atomic mass is 9.78. The highest BCUT2D eigenvalue weighted by atomic mass is 16.5. The highest BCUT2D eigenvalue weighted by Crippen LogP contribution is 2.51. The molecule has 0 saturated heterocycles. The van der Waals surface area contributed by atoms with Crippen LogP contribution in [0.25, 0.3) is 32.9 Å². The Balaban J connectivity index is 1.42. The van der Waals surface area contributed by atoms with Crippen LogP contribution >= 0.6 is 0 Å². The van der Waals surface area contributed by atoms with Crippen molar-refractivity contribution >= 4 is 21.7 Å². The van der Waals surface area contributed by atoms with Gasteiger partial charge in [-0.05, 0) is 95.6 Å². The molecule has 2 heterocycles. The topological polar surface area (TPSA) is 22.1 Å². The van der Waals surface area contributed by atoms with E-state index in [0.29, 0.717) is 0 Å². The Morgan fingerprint density at radius 2 is 1.41 bits per heavy atom. The molecule has 0 saturated carbocycles. The summed E-state index contributed by atoms with van der Waals surface area (Å²) in [6.07, 6.45) is 0. The van der Waals surface area contributed by atoms with Crippen LogP contribution in [0, 0.1) is 20.8 Å². The normalized spacial score (nSPS) is 14.5. The average Bonchev–Trinajstić information content (AvgIpc) is 2.95. The van der Waals surface area contributed by atoms with Crippen LogP contribution in [0.4, 0.5) is 0 Å². The van der Waals surface area contributed by atoms with Gasteiger partial charge in [-0.1, -0.05) is 87.0 Å². The molecule has 7 rings (SSSR count). The first-order valence-corrected chi connectivity index (χ1v) is 14.5. The molecule has 1 atom stereocenters. The summed E-state index contributed by atoms with van der Waals surface area (Å²) in [4.78, 5) is 5.20. The lowest BCUT2D eigenvalue weighted by Gasteiger charge is -2.31. The maximum absolute atomic E-state index is 6.67. The van der Waals surface area contributed by atoms with Gasteiger partial charge in [0.1, 0.15) is 11.5 Å². The molecule has 5 aromatic carbocycles. The summed E-state index contributed by atoms with van der Waals surface area (Å²) in [5.41, 5.74) is 12.1. The fraction of sp³-hybridized carbons (Fsp3) is 0.205. The van der Waals surface area contributed by atoms with Crippen molar-refractivity contribution in [2.75, 3.05) is 0 Å². The Bertz CT molecular complexity index is 1970. The third-order valence-electron chi connectivity index (χ3n) is 8.60. The van der Waals surface area contributed by atoms with Crippen LogP contribution in [0.15, 0.2) is 97.1 Å². The molecule has 0 fully saturated rings. The second kappa shape index (κ2) is 9.31. The standard InChI is InChI=1S/C39H35NO/c1-23-19-24(2)36(25(3)20-23)37-30-13-9-10-14-35(30)41-38-29-15-17-33(40-34(29)18-16-31(37)38)27-21-26-11-7-8-12-28(26)32(22-27)39(4,5)6/h7-22,37H,1-6H3. The maximum Gasteiger partial charge on any atom is 0.140 e. The second-order valence-corrected chi connectivity index (χ2v) is 12.6. The monoisotopic (exact) mass is 533 g/mol. The van der Waals surface area contributed by atoms with Gasteiger partial charge in [-0.15, -0.1) is 0 Å². The smallest absolute Gasteiger partial charge is 0.140 e. The Morgan fingerprint density at radius 3 is 2.20 bits per heavy atom. The van der Waals surface area contributed by atoms with Crippen molar-refractivity contribution in [3.8, 4) is 22.8 Å². The molecule has 6 aromatic rings. The molecule has 1 aliphatic heterocycles. The molecule has 1 unspecified atom stereocenters. The SMILES string of the molecule is Cc1cc(C)c(C2c3ccccc3Oc3c2ccc2nc(-c4cc(C(C)(C)C)c5ccccc5c4)ccc32)c(C)c1. The van der Waals surface area contributed by atoms with Gasteiger partial charge in [-0.2, -0.15) is 0 Å². The van der Waals surface area contributed by atoms with Crippen LogP contribution < -0.4 is 4.74 Å². The van der Waals surface area contributed by atoms with E-state index < -0.39 is 0 Å².